The second-order valence-corrected chi connectivity index (χ2v) is 9.10. The number of alkyl halides is 3. The highest BCUT2D eigenvalue weighted by molar-refractivity contribution is 7.90. The summed E-state index contributed by atoms with van der Waals surface area (Å²) < 4.78 is 65.0. The van der Waals surface area contributed by atoms with Crippen LogP contribution in [0.2, 0.25) is 0 Å². The van der Waals surface area contributed by atoms with Gasteiger partial charge in [-0.25, -0.2) is 17.2 Å². The van der Waals surface area contributed by atoms with Crippen LogP contribution in [0.5, 0.6) is 5.75 Å². The molecular weight excluding hydrogens is 449 g/mol. The smallest absolute Gasteiger partial charge is 0.490 e. The van der Waals surface area contributed by atoms with Gasteiger partial charge in [0.05, 0.1) is 10.4 Å². The van der Waals surface area contributed by atoms with Crippen LogP contribution in [0.1, 0.15) is 12.5 Å². The summed E-state index contributed by atoms with van der Waals surface area (Å²) in [6.07, 6.45) is -3.46. The number of likely N-dealkylation sites (N-methyl/N-ethyl adjacent to an activating group) is 1. The summed E-state index contributed by atoms with van der Waals surface area (Å²) in [6, 6.07) is 14.4. The first-order valence-electron chi connectivity index (χ1n) is 9.49. The fourth-order valence-corrected chi connectivity index (χ4v) is 4.56. The van der Waals surface area contributed by atoms with Crippen LogP contribution in [0, 0.1) is 0 Å². The van der Waals surface area contributed by atoms with Crippen LogP contribution in [0.25, 0.3) is 10.9 Å². The van der Waals surface area contributed by atoms with E-state index in [0.29, 0.717) is 18.2 Å². The van der Waals surface area contributed by atoms with Gasteiger partial charge in [0.2, 0.25) is 0 Å². The molecular formula is C21H21F3N2O5S. The molecule has 0 aliphatic carbocycles. The molecule has 0 fully saturated rings. The second kappa shape index (κ2) is 8.83. The predicted octanol–water partition coefficient (Wildman–Crippen LogP) is 3.72. The van der Waals surface area contributed by atoms with Crippen LogP contribution in [-0.2, 0) is 21.4 Å². The zero-order valence-corrected chi connectivity index (χ0v) is 18.0. The van der Waals surface area contributed by atoms with E-state index in [0.717, 1.165) is 23.2 Å². The fraction of sp³-hybridized carbons (Fsp3) is 0.286. The van der Waals surface area contributed by atoms with Crippen molar-refractivity contribution >= 4 is 26.9 Å². The van der Waals surface area contributed by atoms with Crippen LogP contribution < -0.4 is 4.74 Å². The minimum atomic E-state index is -5.08. The highest BCUT2D eigenvalue weighted by Crippen LogP contribution is 2.33. The molecule has 0 amide bonds. The molecule has 0 bridgehead atoms. The molecule has 1 atom stereocenters. The SMILES string of the molecule is C[C@H]1COc2ccc3c(ccn3S(=O)(=O)c3ccccc3)c2CN1C.O=C(O)C(F)(F)F. The zero-order valence-electron chi connectivity index (χ0n) is 17.2. The Bertz CT molecular complexity index is 1220. The molecule has 1 aromatic heterocycles. The van der Waals surface area contributed by atoms with Crippen molar-refractivity contribution in [2.45, 2.75) is 30.6 Å². The topological polar surface area (TPSA) is 88.8 Å². The zero-order chi connectivity index (χ0) is 23.7. The first-order chi connectivity index (χ1) is 14.9. The van der Waals surface area contributed by atoms with E-state index < -0.39 is 22.2 Å². The van der Waals surface area contributed by atoms with Gasteiger partial charge in [0.1, 0.15) is 12.4 Å². The Morgan fingerprint density at radius 3 is 2.34 bits per heavy atom. The van der Waals surface area contributed by atoms with Gasteiger partial charge >= 0.3 is 12.1 Å². The molecule has 2 aromatic carbocycles. The summed E-state index contributed by atoms with van der Waals surface area (Å²) in [5, 5.41) is 8.04. The number of hydrogen-bond donors (Lipinski definition) is 1. The molecule has 0 spiro atoms. The third-order valence-electron chi connectivity index (χ3n) is 5.09. The van der Waals surface area contributed by atoms with Gasteiger partial charge in [-0.1, -0.05) is 18.2 Å². The molecule has 1 aliphatic heterocycles. The number of hydrogen-bond acceptors (Lipinski definition) is 5. The minimum Gasteiger partial charge on any atom is -0.492 e. The normalized spacial score (nSPS) is 17.0. The molecule has 4 rings (SSSR count). The van der Waals surface area contributed by atoms with E-state index in [1.807, 2.05) is 18.2 Å². The van der Waals surface area contributed by atoms with Gasteiger partial charge in [-0.3, -0.25) is 4.90 Å². The van der Waals surface area contributed by atoms with E-state index in [-0.39, 0.29) is 4.90 Å². The molecule has 7 nitrogen and oxygen atoms in total. The van der Waals surface area contributed by atoms with Crippen LogP contribution in [0.15, 0.2) is 59.6 Å². The lowest BCUT2D eigenvalue weighted by Crippen LogP contribution is -2.31. The van der Waals surface area contributed by atoms with Crippen LogP contribution in [0.4, 0.5) is 13.2 Å². The maximum atomic E-state index is 13.0. The van der Waals surface area contributed by atoms with Crippen LogP contribution in [-0.4, -0.2) is 54.2 Å². The number of fused-ring (bicyclic) bond motifs is 3. The van der Waals surface area contributed by atoms with Crippen molar-refractivity contribution in [1.82, 2.24) is 8.87 Å². The molecule has 0 saturated carbocycles. The summed E-state index contributed by atoms with van der Waals surface area (Å²) in [5.74, 6) is -1.92. The quantitative estimate of drug-likeness (QED) is 0.614. The third-order valence-corrected chi connectivity index (χ3v) is 6.79. The Kier molecular flexibility index (Phi) is 6.51. The Balaban J connectivity index is 0.000000360. The Labute approximate surface area is 182 Å². The minimum absolute atomic E-state index is 0.282. The van der Waals surface area contributed by atoms with E-state index in [1.54, 1.807) is 36.5 Å². The summed E-state index contributed by atoms with van der Waals surface area (Å²) in [7, 11) is -1.56. The fourth-order valence-electron chi connectivity index (χ4n) is 3.19. The standard InChI is InChI=1S/C19H20N2O3S.C2HF3O2/c1-14-13-24-19-9-8-18-16(17(19)12-20(14)2)10-11-21(18)25(22,23)15-6-4-3-5-7-15;3-2(4,5)1(6)7/h3-11,14H,12-13H2,1-2H3;(H,6,7)/t14-;/m0./s1. The third kappa shape index (κ3) is 4.73. The number of aromatic nitrogens is 1. The van der Waals surface area contributed by atoms with Gasteiger partial charge in [0.15, 0.2) is 0 Å². The van der Waals surface area contributed by atoms with Crippen LogP contribution in [0.3, 0.4) is 0 Å². The maximum absolute atomic E-state index is 13.0. The number of halogens is 3. The van der Waals surface area contributed by atoms with Crippen molar-refractivity contribution in [3.05, 3.63) is 60.3 Å². The second-order valence-electron chi connectivity index (χ2n) is 7.28. The van der Waals surface area contributed by atoms with Gasteiger partial charge in [-0.15, -0.1) is 0 Å². The van der Waals surface area contributed by atoms with Gasteiger partial charge < -0.3 is 9.84 Å². The van der Waals surface area contributed by atoms with E-state index >= 15 is 0 Å². The highest BCUT2D eigenvalue weighted by atomic mass is 32.2. The average Bonchev–Trinajstić information content (AvgIpc) is 3.12. The summed E-state index contributed by atoms with van der Waals surface area (Å²) in [5.41, 5.74) is 1.71. The van der Waals surface area contributed by atoms with Crippen molar-refractivity contribution < 1.29 is 36.2 Å². The molecule has 172 valence electrons. The molecule has 1 aliphatic rings. The van der Waals surface area contributed by atoms with E-state index in [9.17, 15) is 21.6 Å². The van der Waals surface area contributed by atoms with Crippen molar-refractivity contribution in [2.24, 2.45) is 0 Å². The summed E-state index contributed by atoms with van der Waals surface area (Å²) in [6.45, 7) is 3.47. The number of carboxylic acids is 1. The number of carboxylic acid groups (broad SMARTS) is 1. The number of nitrogens with zero attached hydrogens (tertiary/aromatic N) is 2. The largest absolute Gasteiger partial charge is 0.492 e. The number of benzene rings is 2. The molecule has 11 heteroatoms. The first kappa shape index (κ1) is 23.6. The summed E-state index contributed by atoms with van der Waals surface area (Å²) in [4.78, 5) is 11.4. The van der Waals surface area contributed by atoms with Crippen molar-refractivity contribution in [3.8, 4) is 5.75 Å². The lowest BCUT2D eigenvalue weighted by molar-refractivity contribution is -0.192. The van der Waals surface area contributed by atoms with Crippen LogP contribution >= 0.6 is 0 Å². The molecule has 0 saturated heterocycles. The molecule has 2 heterocycles. The summed E-state index contributed by atoms with van der Waals surface area (Å²) >= 11 is 0. The van der Waals surface area contributed by atoms with E-state index in [1.165, 1.54) is 3.97 Å². The molecule has 3 aromatic rings. The van der Waals surface area contributed by atoms with E-state index in [2.05, 4.69) is 18.9 Å². The average molecular weight is 470 g/mol. The lowest BCUT2D eigenvalue weighted by Gasteiger charge is -2.20. The van der Waals surface area contributed by atoms with Gasteiger partial charge in [0, 0.05) is 29.7 Å². The Morgan fingerprint density at radius 2 is 1.75 bits per heavy atom. The monoisotopic (exact) mass is 470 g/mol. The van der Waals surface area contributed by atoms with Gasteiger partial charge in [0.25, 0.3) is 10.0 Å². The van der Waals surface area contributed by atoms with Crippen molar-refractivity contribution in [1.29, 1.82) is 0 Å². The Hall–Kier alpha value is -3.05. The predicted molar refractivity (Wildman–Crippen MR) is 111 cm³/mol. The van der Waals surface area contributed by atoms with Gasteiger partial charge in [-0.2, -0.15) is 13.2 Å². The maximum Gasteiger partial charge on any atom is 0.490 e. The highest BCUT2D eigenvalue weighted by Gasteiger charge is 2.38. The molecule has 0 unspecified atom stereocenters. The Morgan fingerprint density at radius 1 is 1.12 bits per heavy atom. The molecule has 0 radical (unpaired) electrons. The molecule has 32 heavy (non-hydrogen) atoms. The molecule has 1 N–H and O–H groups in total. The number of rotatable bonds is 2. The number of aliphatic carboxylic acids is 1. The van der Waals surface area contributed by atoms with Crippen molar-refractivity contribution in [3.63, 3.8) is 0 Å². The number of carbonyl (C=O) groups is 1. The lowest BCUT2D eigenvalue weighted by atomic mass is 10.1. The number of ether oxygens (including phenoxy) is 1. The van der Waals surface area contributed by atoms with Gasteiger partial charge in [-0.05, 0) is 44.3 Å². The van der Waals surface area contributed by atoms with Crippen molar-refractivity contribution in [2.75, 3.05) is 13.7 Å². The first-order valence-corrected chi connectivity index (χ1v) is 10.9. The van der Waals surface area contributed by atoms with E-state index in [4.69, 9.17) is 14.6 Å².